The number of thioether (sulfide) groups is 1. The first-order valence-electron chi connectivity index (χ1n) is 6.92. The predicted octanol–water partition coefficient (Wildman–Crippen LogP) is 2.53. The molecule has 0 spiro atoms. The quantitative estimate of drug-likeness (QED) is 0.684. The minimum absolute atomic E-state index is 0.486. The minimum Gasteiger partial charge on any atom is -0.338 e. The number of nitrogens with one attached hydrogen (secondary N) is 1. The summed E-state index contributed by atoms with van der Waals surface area (Å²) in [5.74, 6) is 2.39. The van der Waals surface area contributed by atoms with E-state index in [0.717, 1.165) is 16.5 Å². The van der Waals surface area contributed by atoms with Crippen LogP contribution in [-0.2, 0) is 19.3 Å². The summed E-state index contributed by atoms with van der Waals surface area (Å²) in [6, 6.07) is 7.40. The summed E-state index contributed by atoms with van der Waals surface area (Å²) in [6.45, 7) is 0.668. The SMILES string of the molecule is CNCc1nnc(SCc2nc(-c3ccccc3Cl)no2)n1C. The lowest BCUT2D eigenvalue weighted by molar-refractivity contribution is 0.391. The third-order valence-electron chi connectivity index (χ3n) is 3.17. The lowest BCUT2D eigenvalue weighted by Crippen LogP contribution is -2.10. The molecule has 0 atom stereocenters. The Morgan fingerprint density at radius 3 is 2.91 bits per heavy atom. The van der Waals surface area contributed by atoms with Crippen LogP contribution in [0, 0.1) is 0 Å². The molecule has 0 fully saturated rings. The molecule has 2 aromatic heterocycles. The first-order valence-corrected chi connectivity index (χ1v) is 8.28. The molecule has 3 aromatic rings. The lowest BCUT2D eigenvalue weighted by Gasteiger charge is -2.01. The third kappa shape index (κ3) is 3.54. The van der Waals surface area contributed by atoms with Gasteiger partial charge in [0.25, 0.3) is 0 Å². The molecule has 2 heterocycles. The van der Waals surface area contributed by atoms with E-state index in [4.69, 9.17) is 16.1 Å². The van der Waals surface area contributed by atoms with Crippen molar-refractivity contribution in [3.05, 3.63) is 41.0 Å². The Bertz CT molecular complexity index is 802. The van der Waals surface area contributed by atoms with Crippen LogP contribution in [0.1, 0.15) is 11.7 Å². The van der Waals surface area contributed by atoms with E-state index in [2.05, 4.69) is 25.7 Å². The van der Waals surface area contributed by atoms with Gasteiger partial charge in [0.2, 0.25) is 11.7 Å². The summed E-state index contributed by atoms with van der Waals surface area (Å²) < 4.78 is 7.22. The highest BCUT2D eigenvalue weighted by Crippen LogP contribution is 2.26. The maximum absolute atomic E-state index is 6.14. The van der Waals surface area contributed by atoms with Crippen molar-refractivity contribution in [3.63, 3.8) is 0 Å². The topological polar surface area (TPSA) is 81.7 Å². The van der Waals surface area contributed by atoms with Crippen molar-refractivity contribution < 1.29 is 4.52 Å². The zero-order chi connectivity index (χ0) is 16.2. The van der Waals surface area contributed by atoms with Gasteiger partial charge >= 0.3 is 0 Å². The van der Waals surface area contributed by atoms with Crippen molar-refractivity contribution in [2.24, 2.45) is 7.05 Å². The maximum Gasteiger partial charge on any atom is 0.237 e. The number of hydrogen-bond acceptors (Lipinski definition) is 7. The normalized spacial score (nSPS) is 11.1. The summed E-state index contributed by atoms with van der Waals surface area (Å²) in [5.41, 5.74) is 0.754. The van der Waals surface area contributed by atoms with Crippen LogP contribution in [0.3, 0.4) is 0 Å². The Balaban J connectivity index is 1.69. The van der Waals surface area contributed by atoms with Crippen LogP contribution < -0.4 is 5.32 Å². The molecule has 7 nitrogen and oxygen atoms in total. The van der Waals surface area contributed by atoms with Gasteiger partial charge in [0.05, 0.1) is 17.3 Å². The molecular weight excluding hydrogens is 336 g/mol. The molecule has 0 aliphatic rings. The second-order valence-electron chi connectivity index (χ2n) is 4.77. The van der Waals surface area contributed by atoms with Crippen LogP contribution in [0.15, 0.2) is 33.9 Å². The maximum atomic E-state index is 6.14. The molecule has 23 heavy (non-hydrogen) atoms. The van der Waals surface area contributed by atoms with Gasteiger partial charge in [-0.1, -0.05) is 40.7 Å². The van der Waals surface area contributed by atoms with E-state index in [9.17, 15) is 0 Å². The van der Waals surface area contributed by atoms with Gasteiger partial charge < -0.3 is 14.4 Å². The summed E-state index contributed by atoms with van der Waals surface area (Å²) in [7, 11) is 3.80. The fraction of sp³-hybridized carbons (Fsp3) is 0.286. The average molecular weight is 351 g/mol. The number of aromatic nitrogens is 5. The standard InChI is InChI=1S/C14H15ClN6OS/c1-16-7-11-18-19-14(21(11)2)23-8-12-17-13(20-22-12)9-5-3-4-6-10(9)15/h3-6,16H,7-8H2,1-2H3. The largest absolute Gasteiger partial charge is 0.338 e. The number of nitrogens with zero attached hydrogens (tertiary/aromatic N) is 5. The Labute approximate surface area is 142 Å². The van der Waals surface area contributed by atoms with E-state index in [-0.39, 0.29) is 0 Å². The van der Waals surface area contributed by atoms with E-state index < -0.39 is 0 Å². The van der Waals surface area contributed by atoms with Crippen LogP contribution in [0.25, 0.3) is 11.4 Å². The molecule has 3 rings (SSSR count). The van der Waals surface area contributed by atoms with Crippen molar-refractivity contribution in [2.75, 3.05) is 7.05 Å². The second kappa shape index (κ2) is 7.12. The number of benzene rings is 1. The molecule has 0 amide bonds. The average Bonchev–Trinajstić information content (AvgIpc) is 3.15. The molecule has 120 valence electrons. The van der Waals surface area contributed by atoms with Gasteiger partial charge in [-0.15, -0.1) is 10.2 Å². The first-order chi connectivity index (χ1) is 11.2. The van der Waals surface area contributed by atoms with E-state index in [0.29, 0.717) is 29.0 Å². The zero-order valence-electron chi connectivity index (χ0n) is 12.7. The van der Waals surface area contributed by atoms with E-state index in [1.165, 1.54) is 11.8 Å². The first kappa shape index (κ1) is 16.0. The van der Waals surface area contributed by atoms with Gasteiger partial charge in [-0.3, -0.25) is 0 Å². The highest BCUT2D eigenvalue weighted by atomic mass is 35.5. The molecule has 1 N–H and O–H groups in total. The fourth-order valence-corrected chi connectivity index (χ4v) is 2.96. The number of hydrogen-bond donors (Lipinski definition) is 1. The van der Waals surface area contributed by atoms with Gasteiger partial charge in [0, 0.05) is 12.6 Å². The molecule has 9 heteroatoms. The summed E-state index contributed by atoms with van der Waals surface area (Å²) in [6.07, 6.45) is 0. The summed E-state index contributed by atoms with van der Waals surface area (Å²) >= 11 is 7.63. The van der Waals surface area contributed by atoms with Crippen LogP contribution in [0.4, 0.5) is 0 Å². The second-order valence-corrected chi connectivity index (χ2v) is 6.12. The van der Waals surface area contributed by atoms with E-state index >= 15 is 0 Å². The molecule has 0 unspecified atom stereocenters. The van der Waals surface area contributed by atoms with Crippen molar-refractivity contribution in [1.82, 2.24) is 30.2 Å². The molecule has 0 saturated heterocycles. The molecule has 1 aromatic carbocycles. The van der Waals surface area contributed by atoms with Crippen molar-refractivity contribution >= 4 is 23.4 Å². The Hall–Kier alpha value is -1.90. The van der Waals surface area contributed by atoms with Crippen molar-refractivity contribution in [1.29, 1.82) is 0 Å². The van der Waals surface area contributed by atoms with Gasteiger partial charge in [-0.2, -0.15) is 4.98 Å². The van der Waals surface area contributed by atoms with Gasteiger partial charge in [0.15, 0.2) is 5.16 Å². The fourth-order valence-electron chi connectivity index (χ4n) is 1.97. The Morgan fingerprint density at radius 1 is 1.30 bits per heavy atom. The lowest BCUT2D eigenvalue weighted by atomic mass is 10.2. The van der Waals surface area contributed by atoms with Crippen LogP contribution in [-0.4, -0.2) is 32.0 Å². The van der Waals surface area contributed by atoms with Gasteiger partial charge in [0.1, 0.15) is 5.82 Å². The van der Waals surface area contributed by atoms with Crippen LogP contribution in [0.5, 0.6) is 0 Å². The van der Waals surface area contributed by atoms with Crippen molar-refractivity contribution in [2.45, 2.75) is 17.5 Å². The minimum atomic E-state index is 0.486. The van der Waals surface area contributed by atoms with Crippen LogP contribution >= 0.6 is 23.4 Å². The summed E-state index contributed by atoms with van der Waals surface area (Å²) in [5, 5.41) is 16.7. The monoisotopic (exact) mass is 350 g/mol. The molecule has 0 radical (unpaired) electrons. The van der Waals surface area contributed by atoms with E-state index in [1.807, 2.05) is 36.9 Å². The highest BCUT2D eigenvalue weighted by molar-refractivity contribution is 7.98. The molecule has 0 bridgehead atoms. The Morgan fingerprint density at radius 2 is 2.13 bits per heavy atom. The zero-order valence-corrected chi connectivity index (χ0v) is 14.2. The number of halogens is 1. The molecular formula is C14H15ClN6OS. The van der Waals surface area contributed by atoms with Crippen LogP contribution in [0.2, 0.25) is 5.02 Å². The Kier molecular flexibility index (Phi) is 4.94. The molecule has 0 saturated carbocycles. The predicted molar refractivity (Wildman–Crippen MR) is 88.1 cm³/mol. The molecule has 0 aliphatic carbocycles. The van der Waals surface area contributed by atoms with E-state index in [1.54, 1.807) is 6.07 Å². The van der Waals surface area contributed by atoms with Gasteiger partial charge in [-0.05, 0) is 19.2 Å². The number of rotatable bonds is 6. The third-order valence-corrected chi connectivity index (χ3v) is 4.50. The molecule has 0 aliphatic heterocycles. The highest BCUT2D eigenvalue weighted by Gasteiger charge is 2.14. The smallest absolute Gasteiger partial charge is 0.237 e. The van der Waals surface area contributed by atoms with Crippen molar-refractivity contribution in [3.8, 4) is 11.4 Å². The van der Waals surface area contributed by atoms with Gasteiger partial charge in [-0.25, -0.2) is 0 Å². The summed E-state index contributed by atoms with van der Waals surface area (Å²) in [4.78, 5) is 4.38.